The highest BCUT2D eigenvalue weighted by Gasteiger charge is 2.32. The molecule has 2 heterocycles. The van der Waals surface area contributed by atoms with Gasteiger partial charge in [0.05, 0.1) is 5.69 Å². The van der Waals surface area contributed by atoms with Crippen LogP contribution in [-0.4, -0.2) is 50.7 Å². The number of anilines is 2. The van der Waals surface area contributed by atoms with Crippen LogP contribution in [0.1, 0.15) is 25.8 Å². The molecule has 1 atom stereocenters. The Labute approximate surface area is 216 Å². The smallest absolute Gasteiger partial charge is 0.319 e. The number of likely N-dealkylation sites (N-methyl/N-ethyl adjacent to an activating group) is 1. The zero-order valence-corrected chi connectivity index (χ0v) is 21.3. The zero-order chi connectivity index (χ0) is 26.4. The summed E-state index contributed by atoms with van der Waals surface area (Å²) in [6.07, 6.45) is 2.99. The Kier molecular flexibility index (Phi) is 8.12. The van der Waals surface area contributed by atoms with E-state index < -0.39 is 6.04 Å². The van der Waals surface area contributed by atoms with Gasteiger partial charge >= 0.3 is 6.03 Å². The van der Waals surface area contributed by atoms with Crippen LogP contribution in [0.4, 0.5) is 16.2 Å². The summed E-state index contributed by atoms with van der Waals surface area (Å²) >= 11 is 0. The van der Waals surface area contributed by atoms with Crippen molar-refractivity contribution >= 4 is 29.2 Å². The van der Waals surface area contributed by atoms with Crippen LogP contribution in [0, 0.1) is 0 Å². The number of nitrogens with one attached hydrogen (secondary N) is 3. The van der Waals surface area contributed by atoms with Gasteiger partial charge in [0.15, 0.2) is 0 Å². The molecule has 2 aromatic carbocycles. The maximum Gasteiger partial charge on any atom is 0.319 e. The number of ether oxygens (including phenoxy) is 2. The molecule has 0 aliphatic carbocycles. The van der Waals surface area contributed by atoms with Gasteiger partial charge in [-0.3, -0.25) is 9.59 Å². The van der Waals surface area contributed by atoms with Crippen molar-refractivity contribution in [3.8, 4) is 5.75 Å². The standard InChI is InChI=1S/C28H32N4O5/c1-4-19-16-36-21(13-18-9-7-6-8-10-18)15-22(19)26(33)31-23-17-37-25-12-11-20(30-28(35)29-5-2)14-24(25)32(3)27(23)34/h6-12,14-15,23H,4-5,13,16-17H2,1-3H3,(H,31,33)(H2,29,30,35). The second-order valence-electron chi connectivity index (χ2n) is 8.83. The molecule has 9 heteroatoms. The molecule has 0 aromatic heterocycles. The minimum Gasteiger partial charge on any atom is -0.493 e. The third-order valence-electron chi connectivity index (χ3n) is 6.27. The van der Waals surface area contributed by atoms with Crippen molar-refractivity contribution in [1.82, 2.24) is 10.6 Å². The van der Waals surface area contributed by atoms with Crippen molar-refractivity contribution < 1.29 is 23.9 Å². The zero-order valence-electron chi connectivity index (χ0n) is 21.3. The van der Waals surface area contributed by atoms with E-state index in [-0.39, 0.29) is 24.5 Å². The van der Waals surface area contributed by atoms with Crippen LogP contribution in [0.3, 0.4) is 0 Å². The molecule has 0 bridgehead atoms. The Bertz CT molecular complexity index is 1240. The lowest BCUT2D eigenvalue weighted by Crippen LogP contribution is -2.49. The molecule has 2 aliphatic rings. The second-order valence-corrected chi connectivity index (χ2v) is 8.83. The van der Waals surface area contributed by atoms with E-state index in [0.717, 1.165) is 11.1 Å². The van der Waals surface area contributed by atoms with Crippen molar-refractivity contribution in [1.29, 1.82) is 0 Å². The SMILES string of the molecule is CCNC(=O)Nc1ccc2c(c1)N(C)C(=O)C(NC(=O)C1=C(CC)COC(Cc3ccccc3)=C1)CO2. The molecule has 0 saturated carbocycles. The van der Waals surface area contributed by atoms with Gasteiger partial charge in [0.25, 0.3) is 11.8 Å². The predicted molar refractivity (Wildman–Crippen MR) is 141 cm³/mol. The number of nitrogens with zero attached hydrogens (tertiary/aromatic N) is 1. The summed E-state index contributed by atoms with van der Waals surface area (Å²) in [7, 11) is 1.62. The van der Waals surface area contributed by atoms with Crippen LogP contribution in [0.2, 0.25) is 0 Å². The first-order valence-corrected chi connectivity index (χ1v) is 12.4. The molecule has 0 fully saturated rings. The van der Waals surface area contributed by atoms with Gasteiger partial charge in [-0.05, 0) is 48.8 Å². The van der Waals surface area contributed by atoms with Crippen LogP contribution in [-0.2, 0) is 20.7 Å². The van der Waals surface area contributed by atoms with E-state index in [1.807, 2.05) is 44.2 Å². The largest absolute Gasteiger partial charge is 0.493 e. The average molecular weight is 505 g/mol. The molecule has 0 spiro atoms. The second kappa shape index (κ2) is 11.6. The van der Waals surface area contributed by atoms with Gasteiger partial charge < -0.3 is 30.3 Å². The fourth-order valence-corrected chi connectivity index (χ4v) is 4.23. The third kappa shape index (κ3) is 6.11. The lowest BCUT2D eigenvalue weighted by atomic mass is 10.00. The van der Waals surface area contributed by atoms with E-state index in [9.17, 15) is 14.4 Å². The molecular formula is C28H32N4O5. The Morgan fingerprint density at radius 2 is 1.86 bits per heavy atom. The van der Waals surface area contributed by atoms with Gasteiger partial charge in [-0.2, -0.15) is 0 Å². The summed E-state index contributed by atoms with van der Waals surface area (Å²) in [4.78, 5) is 40.0. The summed E-state index contributed by atoms with van der Waals surface area (Å²) in [5.74, 6) is 0.527. The van der Waals surface area contributed by atoms with Crippen LogP contribution >= 0.6 is 0 Å². The fraction of sp³-hybridized carbons (Fsp3) is 0.321. The monoisotopic (exact) mass is 504 g/mol. The van der Waals surface area contributed by atoms with E-state index >= 15 is 0 Å². The van der Waals surface area contributed by atoms with Crippen LogP contribution in [0.25, 0.3) is 0 Å². The van der Waals surface area contributed by atoms with E-state index in [1.54, 1.807) is 31.3 Å². The minimum atomic E-state index is -0.885. The van der Waals surface area contributed by atoms with Crippen molar-refractivity contribution in [2.24, 2.45) is 0 Å². The van der Waals surface area contributed by atoms with Crippen molar-refractivity contribution in [2.45, 2.75) is 32.7 Å². The number of rotatable bonds is 7. The lowest BCUT2D eigenvalue weighted by Gasteiger charge is -2.24. The molecule has 2 aromatic rings. The first-order valence-electron chi connectivity index (χ1n) is 12.4. The molecule has 4 amide bonds. The van der Waals surface area contributed by atoms with Gasteiger partial charge in [0.2, 0.25) is 0 Å². The van der Waals surface area contributed by atoms with Gasteiger partial charge in [0, 0.05) is 31.3 Å². The first kappa shape index (κ1) is 25.8. The maximum absolute atomic E-state index is 13.4. The van der Waals surface area contributed by atoms with E-state index in [0.29, 0.717) is 54.4 Å². The minimum absolute atomic E-state index is 0.0170. The summed E-state index contributed by atoms with van der Waals surface area (Å²) in [6.45, 7) is 4.60. The van der Waals surface area contributed by atoms with Gasteiger partial charge in [0.1, 0.15) is 30.8 Å². The highest BCUT2D eigenvalue weighted by molar-refractivity contribution is 6.05. The van der Waals surface area contributed by atoms with Crippen LogP contribution < -0.4 is 25.6 Å². The molecule has 0 radical (unpaired) electrons. The number of hydrogen-bond donors (Lipinski definition) is 3. The highest BCUT2D eigenvalue weighted by Crippen LogP contribution is 2.33. The topological polar surface area (TPSA) is 109 Å². The summed E-state index contributed by atoms with van der Waals surface area (Å²) < 4.78 is 11.8. The third-order valence-corrected chi connectivity index (χ3v) is 6.27. The number of urea groups is 1. The molecule has 4 rings (SSSR count). The number of benzene rings is 2. The molecule has 1 unspecified atom stereocenters. The predicted octanol–water partition coefficient (Wildman–Crippen LogP) is 3.53. The molecule has 3 N–H and O–H groups in total. The Balaban J connectivity index is 1.49. The van der Waals surface area contributed by atoms with Crippen LogP contribution in [0.5, 0.6) is 5.75 Å². The molecule has 9 nitrogen and oxygen atoms in total. The quantitative estimate of drug-likeness (QED) is 0.535. The van der Waals surface area contributed by atoms with Crippen molar-refractivity contribution in [3.63, 3.8) is 0 Å². The van der Waals surface area contributed by atoms with Crippen molar-refractivity contribution in [3.05, 3.63) is 77.1 Å². The number of amides is 4. The number of allylic oxidation sites excluding steroid dienone is 1. The summed E-state index contributed by atoms with van der Waals surface area (Å²) in [5.41, 5.74) is 3.49. The Hall–Kier alpha value is -4.27. The maximum atomic E-state index is 13.4. The van der Waals surface area contributed by atoms with E-state index in [1.165, 1.54) is 4.90 Å². The first-order chi connectivity index (χ1) is 17.9. The van der Waals surface area contributed by atoms with Gasteiger partial charge in [-0.1, -0.05) is 37.3 Å². The normalized spacial score (nSPS) is 17.1. The number of carbonyl (C=O) groups excluding carboxylic acids is 3. The Morgan fingerprint density at radius 1 is 1.08 bits per heavy atom. The average Bonchev–Trinajstić information content (AvgIpc) is 3.01. The molecule has 0 saturated heterocycles. The molecular weight excluding hydrogens is 472 g/mol. The van der Waals surface area contributed by atoms with Crippen molar-refractivity contribution in [2.75, 3.05) is 37.0 Å². The highest BCUT2D eigenvalue weighted by atomic mass is 16.5. The number of fused-ring (bicyclic) bond motifs is 1. The summed E-state index contributed by atoms with van der Waals surface area (Å²) in [5, 5.41) is 8.26. The van der Waals surface area contributed by atoms with Gasteiger partial charge in [-0.25, -0.2) is 4.79 Å². The lowest BCUT2D eigenvalue weighted by molar-refractivity contribution is -0.125. The molecule has 37 heavy (non-hydrogen) atoms. The van der Waals surface area contributed by atoms with E-state index in [4.69, 9.17) is 9.47 Å². The number of hydrogen-bond acceptors (Lipinski definition) is 5. The van der Waals surface area contributed by atoms with Gasteiger partial charge in [-0.15, -0.1) is 0 Å². The molecule has 2 aliphatic heterocycles. The summed E-state index contributed by atoms with van der Waals surface area (Å²) in [6, 6.07) is 13.7. The van der Waals surface area contributed by atoms with Crippen LogP contribution in [0.15, 0.2) is 71.5 Å². The van der Waals surface area contributed by atoms with E-state index in [2.05, 4.69) is 16.0 Å². The Morgan fingerprint density at radius 3 is 2.59 bits per heavy atom. The number of carbonyl (C=O) groups is 3. The fourth-order valence-electron chi connectivity index (χ4n) is 4.23. The molecule has 194 valence electrons.